The Labute approximate surface area is 115 Å². The first-order chi connectivity index (χ1) is 9.06. The molecule has 4 heteroatoms. The van der Waals surface area contributed by atoms with E-state index >= 15 is 0 Å². The van der Waals surface area contributed by atoms with Crippen LogP contribution in [0.15, 0.2) is 0 Å². The molecule has 0 aromatic rings. The van der Waals surface area contributed by atoms with Crippen LogP contribution in [0.2, 0.25) is 0 Å². The Hall–Kier alpha value is -1.08. The Balaban J connectivity index is 1.88. The Bertz CT molecular complexity index is 360. The predicted molar refractivity (Wildman–Crippen MR) is 74.1 cm³/mol. The van der Waals surface area contributed by atoms with Crippen molar-refractivity contribution in [2.24, 2.45) is 11.7 Å². The van der Waals surface area contributed by atoms with E-state index in [1.807, 2.05) is 11.9 Å². The fourth-order valence-corrected chi connectivity index (χ4v) is 3.43. The van der Waals surface area contributed by atoms with Crippen LogP contribution in [-0.4, -0.2) is 29.4 Å². The molecule has 4 nitrogen and oxygen atoms in total. The molecule has 0 spiro atoms. The molecule has 2 aliphatic carbocycles. The molecule has 0 aromatic heterocycles. The van der Waals surface area contributed by atoms with Gasteiger partial charge in [-0.2, -0.15) is 5.26 Å². The number of rotatable bonds is 2. The van der Waals surface area contributed by atoms with E-state index in [0.717, 1.165) is 25.7 Å². The van der Waals surface area contributed by atoms with E-state index in [-0.39, 0.29) is 11.8 Å². The van der Waals surface area contributed by atoms with Crippen molar-refractivity contribution in [1.29, 1.82) is 5.26 Å². The summed E-state index contributed by atoms with van der Waals surface area (Å²) in [5, 5.41) is 9.02. The number of hydrogen-bond donors (Lipinski definition) is 1. The average Bonchev–Trinajstić information content (AvgIpc) is 2.47. The Morgan fingerprint density at radius 1 is 1.21 bits per heavy atom. The van der Waals surface area contributed by atoms with Gasteiger partial charge in [-0.05, 0) is 38.5 Å². The molecule has 106 valence electrons. The third-order valence-electron chi connectivity index (χ3n) is 4.92. The van der Waals surface area contributed by atoms with Gasteiger partial charge in [-0.3, -0.25) is 4.79 Å². The topological polar surface area (TPSA) is 70.1 Å². The van der Waals surface area contributed by atoms with Crippen LogP contribution in [0.1, 0.15) is 57.8 Å². The van der Waals surface area contributed by atoms with Crippen molar-refractivity contribution in [2.45, 2.75) is 69.4 Å². The van der Waals surface area contributed by atoms with Crippen molar-refractivity contribution in [1.82, 2.24) is 4.90 Å². The van der Waals surface area contributed by atoms with Crippen molar-refractivity contribution in [2.75, 3.05) is 7.05 Å². The van der Waals surface area contributed by atoms with Crippen LogP contribution in [0.4, 0.5) is 0 Å². The van der Waals surface area contributed by atoms with Gasteiger partial charge in [0, 0.05) is 19.0 Å². The maximum absolute atomic E-state index is 12.5. The number of amides is 1. The number of carbonyl (C=O) groups excluding carboxylic acids is 1. The molecule has 0 bridgehead atoms. The fourth-order valence-electron chi connectivity index (χ4n) is 3.43. The molecule has 2 fully saturated rings. The van der Waals surface area contributed by atoms with Crippen LogP contribution in [0.3, 0.4) is 0 Å². The average molecular weight is 263 g/mol. The van der Waals surface area contributed by atoms with E-state index in [2.05, 4.69) is 6.07 Å². The maximum Gasteiger partial charge on any atom is 0.225 e. The highest BCUT2D eigenvalue weighted by molar-refractivity contribution is 5.79. The van der Waals surface area contributed by atoms with E-state index in [0.29, 0.717) is 18.9 Å². The molecule has 2 rings (SSSR count). The first-order valence-electron chi connectivity index (χ1n) is 7.52. The van der Waals surface area contributed by atoms with Gasteiger partial charge >= 0.3 is 0 Å². The number of nitrogens with zero attached hydrogens (tertiary/aromatic N) is 2. The van der Waals surface area contributed by atoms with Gasteiger partial charge in [-0.15, -0.1) is 0 Å². The third-order valence-corrected chi connectivity index (χ3v) is 4.92. The van der Waals surface area contributed by atoms with Crippen molar-refractivity contribution >= 4 is 5.91 Å². The number of carbonyl (C=O) groups is 1. The van der Waals surface area contributed by atoms with Gasteiger partial charge in [0.1, 0.15) is 5.54 Å². The zero-order valence-corrected chi connectivity index (χ0v) is 11.9. The summed E-state index contributed by atoms with van der Waals surface area (Å²) in [6, 6.07) is 2.62. The minimum absolute atomic E-state index is 0.0805. The predicted octanol–water partition coefficient (Wildman–Crippen LogP) is 2.19. The van der Waals surface area contributed by atoms with Crippen LogP contribution < -0.4 is 5.73 Å². The highest BCUT2D eigenvalue weighted by Gasteiger charge is 2.36. The number of hydrogen-bond acceptors (Lipinski definition) is 3. The van der Waals surface area contributed by atoms with E-state index in [9.17, 15) is 4.79 Å². The second-order valence-electron chi connectivity index (χ2n) is 6.28. The summed E-state index contributed by atoms with van der Waals surface area (Å²) in [7, 11) is 1.95. The number of nitrogens with two attached hydrogens (primary N) is 1. The summed E-state index contributed by atoms with van der Waals surface area (Å²) in [5.74, 6) is 0.351. The Kier molecular flexibility index (Phi) is 4.46. The van der Waals surface area contributed by atoms with Crippen LogP contribution in [0, 0.1) is 17.2 Å². The van der Waals surface area contributed by atoms with Crippen molar-refractivity contribution in [3.63, 3.8) is 0 Å². The zero-order chi connectivity index (χ0) is 13.9. The third kappa shape index (κ3) is 3.27. The lowest BCUT2D eigenvalue weighted by Crippen LogP contribution is -2.47. The summed E-state index contributed by atoms with van der Waals surface area (Å²) in [5.41, 5.74) is 5.26. The Morgan fingerprint density at radius 2 is 1.79 bits per heavy atom. The minimum Gasteiger partial charge on any atom is -0.343 e. The second-order valence-corrected chi connectivity index (χ2v) is 6.28. The molecule has 0 unspecified atom stereocenters. The van der Waals surface area contributed by atoms with Gasteiger partial charge < -0.3 is 10.6 Å². The maximum atomic E-state index is 12.5. The molecule has 0 saturated heterocycles. The highest BCUT2D eigenvalue weighted by atomic mass is 16.2. The quantitative estimate of drug-likeness (QED) is 0.830. The first kappa shape index (κ1) is 14.3. The molecule has 2 saturated carbocycles. The van der Waals surface area contributed by atoms with Gasteiger partial charge in [-0.25, -0.2) is 0 Å². The molecule has 19 heavy (non-hydrogen) atoms. The lowest BCUT2D eigenvalue weighted by atomic mass is 9.77. The molecule has 0 aliphatic heterocycles. The largest absolute Gasteiger partial charge is 0.343 e. The standard InChI is InChI=1S/C15H25N3O/c1-18(13-5-3-2-4-6-13)14(19)12-7-9-15(17,11-16)10-8-12/h12-13H,2-10,17H2,1H3. The van der Waals surface area contributed by atoms with Gasteiger partial charge in [0.25, 0.3) is 0 Å². The summed E-state index contributed by atoms with van der Waals surface area (Å²) >= 11 is 0. The second kappa shape index (κ2) is 5.92. The van der Waals surface area contributed by atoms with Crippen LogP contribution in [0.5, 0.6) is 0 Å². The molecule has 1 amide bonds. The lowest BCUT2D eigenvalue weighted by Gasteiger charge is -2.37. The number of nitriles is 1. The summed E-state index contributed by atoms with van der Waals surface area (Å²) in [4.78, 5) is 14.5. The van der Waals surface area contributed by atoms with E-state index < -0.39 is 5.54 Å². The first-order valence-corrected chi connectivity index (χ1v) is 7.52. The molecule has 0 heterocycles. The molecular weight excluding hydrogens is 238 g/mol. The minimum atomic E-state index is -0.694. The van der Waals surface area contributed by atoms with Crippen LogP contribution in [0.25, 0.3) is 0 Å². The highest BCUT2D eigenvalue weighted by Crippen LogP contribution is 2.32. The van der Waals surface area contributed by atoms with Gasteiger partial charge in [-0.1, -0.05) is 19.3 Å². The Morgan fingerprint density at radius 3 is 2.32 bits per heavy atom. The summed E-state index contributed by atoms with van der Waals surface area (Å²) in [6.45, 7) is 0. The smallest absolute Gasteiger partial charge is 0.225 e. The normalized spacial score (nSPS) is 32.6. The van der Waals surface area contributed by atoms with Crippen molar-refractivity contribution in [3.8, 4) is 6.07 Å². The van der Waals surface area contributed by atoms with E-state index in [1.165, 1.54) is 19.3 Å². The lowest BCUT2D eigenvalue weighted by molar-refractivity contribution is -0.138. The van der Waals surface area contributed by atoms with Gasteiger partial charge in [0.2, 0.25) is 5.91 Å². The van der Waals surface area contributed by atoms with E-state index in [1.54, 1.807) is 0 Å². The molecule has 0 aromatic carbocycles. The van der Waals surface area contributed by atoms with Crippen molar-refractivity contribution in [3.05, 3.63) is 0 Å². The fraction of sp³-hybridized carbons (Fsp3) is 0.867. The van der Waals surface area contributed by atoms with Crippen LogP contribution in [-0.2, 0) is 4.79 Å². The summed E-state index contributed by atoms with van der Waals surface area (Å²) < 4.78 is 0. The monoisotopic (exact) mass is 263 g/mol. The van der Waals surface area contributed by atoms with Gasteiger partial charge in [0.15, 0.2) is 0 Å². The molecule has 0 atom stereocenters. The van der Waals surface area contributed by atoms with Crippen molar-refractivity contribution < 1.29 is 4.79 Å². The molecular formula is C15H25N3O. The van der Waals surface area contributed by atoms with Crippen LogP contribution >= 0.6 is 0 Å². The molecule has 2 N–H and O–H groups in total. The molecule has 2 aliphatic rings. The molecule has 0 radical (unpaired) electrons. The van der Waals surface area contributed by atoms with E-state index in [4.69, 9.17) is 11.0 Å². The zero-order valence-electron chi connectivity index (χ0n) is 11.9. The SMILES string of the molecule is CN(C(=O)C1CCC(N)(C#N)CC1)C1CCCCC1. The van der Waals surface area contributed by atoms with Gasteiger partial charge in [0.05, 0.1) is 6.07 Å². The summed E-state index contributed by atoms with van der Waals surface area (Å²) in [6.07, 6.45) is 8.92.